The first-order valence-corrected chi connectivity index (χ1v) is 10.7. The van der Waals surface area contributed by atoms with E-state index in [9.17, 15) is 9.18 Å². The summed E-state index contributed by atoms with van der Waals surface area (Å²) in [4.78, 5) is 22.1. The molecule has 0 aliphatic carbocycles. The summed E-state index contributed by atoms with van der Waals surface area (Å²) < 4.78 is 14.4. The van der Waals surface area contributed by atoms with Gasteiger partial charge in [-0.25, -0.2) is 9.37 Å². The van der Waals surface area contributed by atoms with Crippen LogP contribution in [0.1, 0.15) is 30.2 Å². The molecule has 3 aliphatic heterocycles. The zero-order valence-electron chi connectivity index (χ0n) is 15.9. The molecule has 5 rings (SSSR count). The van der Waals surface area contributed by atoms with Gasteiger partial charge in [0.15, 0.2) is 5.82 Å². The number of thioether (sulfide) groups is 1. The summed E-state index contributed by atoms with van der Waals surface area (Å²) >= 11 is 1.47. The molecule has 1 aromatic heterocycles. The molecule has 29 heavy (non-hydrogen) atoms. The molecule has 1 saturated heterocycles. The van der Waals surface area contributed by atoms with Crippen LogP contribution >= 0.6 is 11.8 Å². The highest BCUT2D eigenvalue weighted by atomic mass is 32.2. The Bertz CT molecular complexity index is 987. The largest absolute Gasteiger partial charge is 0.396 e. The van der Waals surface area contributed by atoms with E-state index in [4.69, 9.17) is 5.73 Å². The molecule has 3 N–H and O–H groups in total. The third-order valence-corrected chi connectivity index (χ3v) is 6.92. The van der Waals surface area contributed by atoms with Crippen LogP contribution in [0.4, 0.5) is 21.6 Å². The highest BCUT2D eigenvalue weighted by molar-refractivity contribution is 8.04. The van der Waals surface area contributed by atoms with Gasteiger partial charge >= 0.3 is 0 Å². The Kier molecular flexibility index (Phi) is 4.58. The van der Waals surface area contributed by atoms with Gasteiger partial charge in [-0.2, -0.15) is 0 Å². The Hall–Kier alpha value is -2.74. The molecule has 6 nitrogen and oxygen atoms in total. The van der Waals surface area contributed by atoms with Crippen molar-refractivity contribution in [3.63, 3.8) is 0 Å². The summed E-state index contributed by atoms with van der Waals surface area (Å²) in [6, 6.07) is 8.89. The van der Waals surface area contributed by atoms with E-state index < -0.39 is 5.82 Å². The number of carbonyl (C=O) groups is 1. The number of hydrogen-bond acceptors (Lipinski definition) is 6. The van der Waals surface area contributed by atoms with Crippen LogP contribution in [-0.4, -0.2) is 30.5 Å². The first kappa shape index (κ1) is 18.3. The molecule has 8 heteroatoms. The molecular formula is C21H22FN5OS. The number of nitrogen functional groups attached to an aromatic ring is 1. The summed E-state index contributed by atoms with van der Waals surface area (Å²) in [5.74, 6) is 0.280. The number of aromatic nitrogens is 1. The monoisotopic (exact) mass is 411 g/mol. The number of halogens is 1. The molecule has 2 aromatic rings. The van der Waals surface area contributed by atoms with E-state index in [0.29, 0.717) is 17.9 Å². The van der Waals surface area contributed by atoms with Gasteiger partial charge in [-0.3, -0.25) is 4.79 Å². The number of amides is 1. The second kappa shape index (κ2) is 7.26. The van der Waals surface area contributed by atoms with E-state index in [1.54, 1.807) is 12.1 Å². The predicted octanol–water partition coefficient (Wildman–Crippen LogP) is 3.39. The molecule has 0 radical (unpaired) electrons. The van der Waals surface area contributed by atoms with Crippen molar-refractivity contribution in [2.24, 2.45) is 0 Å². The topological polar surface area (TPSA) is 74.5 Å². The second-order valence-electron chi connectivity index (χ2n) is 7.48. The van der Waals surface area contributed by atoms with Crippen molar-refractivity contribution in [3.8, 4) is 0 Å². The fraction of sp³-hybridized carbons (Fsp3) is 0.333. The van der Waals surface area contributed by atoms with Crippen LogP contribution in [-0.2, 0) is 4.79 Å². The van der Waals surface area contributed by atoms with Crippen molar-refractivity contribution in [1.82, 2.24) is 10.3 Å². The standard InChI is InChI=1S/C21H22FN5OS/c22-18-14(23)4-3-5-16(18)27-11-8-15-19(21(27)28)29-20(25-15)13-6-7-17(24-12-13)26-9-1-2-10-26/h3-7,12,20,25H,1-2,8-11,23H2. The maximum atomic E-state index is 14.4. The fourth-order valence-electron chi connectivity index (χ4n) is 4.07. The number of nitrogens with one attached hydrogen (secondary N) is 1. The number of pyridine rings is 1. The van der Waals surface area contributed by atoms with E-state index in [2.05, 4.69) is 27.3 Å². The van der Waals surface area contributed by atoms with Crippen molar-refractivity contribution in [1.29, 1.82) is 0 Å². The molecule has 1 fully saturated rings. The predicted molar refractivity (Wildman–Crippen MR) is 114 cm³/mol. The lowest BCUT2D eigenvalue weighted by atomic mass is 10.1. The smallest absolute Gasteiger partial charge is 0.266 e. The van der Waals surface area contributed by atoms with Crippen LogP contribution in [0, 0.1) is 5.82 Å². The van der Waals surface area contributed by atoms with E-state index in [0.717, 1.165) is 30.2 Å². The molecule has 3 aliphatic rings. The number of nitrogens with zero attached hydrogens (tertiary/aromatic N) is 3. The zero-order chi connectivity index (χ0) is 20.0. The molecule has 150 valence electrons. The minimum atomic E-state index is -0.542. The van der Waals surface area contributed by atoms with Gasteiger partial charge in [0.25, 0.3) is 5.91 Å². The molecule has 0 bridgehead atoms. The van der Waals surface area contributed by atoms with Crippen molar-refractivity contribution in [2.45, 2.75) is 24.6 Å². The number of carbonyl (C=O) groups excluding carboxylic acids is 1. The Labute approximate surface area is 173 Å². The third kappa shape index (κ3) is 3.21. The highest BCUT2D eigenvalue weighted by Crippen LogP contribution is 2.45. The lowest BCUT2D eigenvalue weighted by molar-refractivity contribution is -0.114. The average molecular weight is 412 g/mol. The van der Waals surface area contributed by atoms with Gasteiger partial charge in [0.2, 0.25) is 0 Å². The molecule has 1 amide bonds. The van der Waals surface area contributed by atoms with E-state index >= 15 is 0 Å². The molecule has 1 atom stereocenters. The zero-order valence-corrected chi connectivity index (χ0v) is 16.7. The lowest BCUT2D eigenvalue weighted by Gasteiger charge is -2.27. The molecule has 0 saturated carbocycles. The Morgan fingerprint density at radius 2 is 2.00 bits per heavy atom. The van der Waals surface area contributed by atoms with Crippen LogP contribution in [0.25, 0.3) is 0 Å². The van der Waals surface area contributed by atoms with Crippen LogP contribution in [0.2, 0.25) is 0 Å². The Morgan fingerprint density at radius 1 is 1.17 bits per heavy atom. The summed E-state index contributed by atoms with van der Waals surface area (Å²) in [6.45, 7) is 2.54. The number of benzene rings is 1. The van der Waals surface area contributed by atoms with Crippen molar-refractivity contribution in [3.05, 3.63) is 58.5 Å². The minimum absolute atomic E-state index is 0.0503. The van der Waals surface area contributed by atoms with Gasteiger partial charge in [0.1, 0.15) is 11.2 Å². The SMILES string of the molecule is Nc1cccc(N2CCC3=C(SC(c4ccc(N5CCCC5)nc4)N3)C2=O)c1F. The van der Waals surface area contributed by atoms with Crippen molar-refractivity contribution < 1.29 is 9.18 Å². The Balaban J connectivity index is 1.33. The van der Waals surface area contributed by atoms with Crippen LogP contribution in [0.15, 0.2) is 47.1 Å². The van der Waals surface area contributed by atoms with E-state index in [1.165, 1.54) is 35.6 Å². The summed E-state index contributed by atoms with van der Waals surface area (Å²) in [5.41, 5.74) is 7.93. The number of rotatable bonds is 3. The van der Waals surface area contributed by atoms with Gasteiger partial charge in [0, 0.05) is 43.5 Å². The van der Waals surface area contributed by atoms with Crippen molar-refractivity contribution >= 4 is 34.9 Å². The third-order valence-electron chi connectivity index (χ3n) is 5.64. The average Bonchev–Trinajstić information content (AvgIpc) is 3.41. The quantitative estimate of drug-likeness (QED) is 0.755. The summed E-state index contributed by atoms with van der Waals surface area (Å²) in [7, 11) is 0. The molecule has 1 unspecified atom stereocenters. The normalized spacial score (nSPS) is 21.6. The van der Waals surface area contributed by atoms with Gasteiger partial charge in [-0.05, 0) is 31.0 Å². The van der Waals surface area contributed by atoms with Crippen LogP contribution in [0.5, 0.6) is 0 Å². The van der Waals surface area contributed by atoms with Crippen LogP contribution in [0.3, 0.4) is 0 Å². The summed E-state index contributed by atoms with van der Waals surface area (Å²) in [5, 5.41) is 3.39. The van der Waals surface area contributed by atoms with E-state index in [-0.39, 0.29) is 22.7 Å². The summed E-state index contributed by atoms with van der Waals surface area (Å²) in [6.07, 6.45) is 4.97. The van der Waals surface area contributed by atoms with E-state index in [1.807, 2.05) is 6.20 Å². The van der Waals surface area contributed by atoms with Crippen molar-refractivity contribution in [2.75, 3.05) is 35.2 Å². The van der Waals surface area contributed by atoms with Gasteiger partial charge in [0.05, 0.1) is 16.3 Å². The minimum Gasteiger partial charge on any atom is -0.396 e. The number of hydrogen-bond donors (Lipinski definition) is 2. The number of anilines is 3. The first-order chi connectivity index (χ1) is 14.1. The first-order valence-electron chi connectivity index (χ1n) is 9.85. The maximum absolute atomic E-state index is 14.4. The fourth-order valence-corrected chi connectivity index (χ4v) is 5.29. The number of nitrogens with two attached hydrogens (primary N) is 1. The lowest BCUT2D eigenvalue weighted by Crippen LogP contribution is -2.37. The molecule has 4 heterocycles. The molecule has 0 spiro atoms. The maximum Gasteiger partial charge on any atom is 0.266 e. The van der Waals surface area contributed by atoms with Crippen LogP contribution < -0.4 is 20.9 Å². The highest BCUT2D eigenvalue weighted by Gasteiger charge is 2.37. The molecular weight excluding hydrogens is 389 g/mol. The van der Waals surface area contributed by atoms with Gasteiger partial charge in [-0.1, -0.05) is 23.9 Å². The Morgan fingerprint density at radius 3 is 2.76 bits per heavy atom. The van der Waals surface area contributed by atoms with Gasteiger partial charge < -0.3 is 20.9 Å². The molecule has 1 aromatic carbocycles. The second-order valence-corrected chi connectivity index (χ2v) is 8.60. The van der Waals surface area contributed by atoms with Gasteiger partial charge in [-0.15, -0.1) is 0 Å².